The first-order valence-corrected chi connectivity index (χ1v) is 6.85. The van der Waals surface area contributed by atoms with Gasteiger partial charge in [0.2, 0.25) is 5.91 Å². The number of unbranched alkanes of at least 4 members (excludes halogenated alkanes) is 1. The Kier molecular flexibility index (Phi) is 4.24. The van der Waals surface area contributed by atoms with Gasteiger partial charge >= 0.3 is 0 Å². The molecule has 0 bridgehead atoms. The first-order valence-electron chi connectivity index (χ1n) is 6.85. The fourth-order valence-corrected chi connectivity index (χ4v) is 2.50. The standard InChI is InChI=1S/C15H22N2O/c1-3-4-9-16-15(18)13-10-11(2)17-14-8-6-5-7-12(13)14/h5-8,11,13,17H,3-4,9-10H2,1-2H3,(H,16,18). The largest absolute Gasteiger partial charge is 0.382 e. The van der Waals surface area contributed by atoms with Gasteiger partial charge in [-0.2, -0.15) is 0 Å². The van der Waals surface area contributed by atoms with E-state index in [2.05, 4.69) is 36.6 Å². The first-order chi connectivity index (χ1) is 8.72. The predicted octanol–water partition coefficient (Wildman–Crippen LogP) is 2.89. The van der Waals surface area contributed by atoms with Crippen molar-refractivity contribution in [2.45, 2.75) is 45.1 Å². The van der Waals surface area contributed by atoms with Crippen LogP contribution in [0.1, 0.15) is 44.6 Å². The van der Waals surface area contributed by atoms with Gasteiger partial charge in [-0.05, 0) is 31.4 Å². The first kappa shape index (κ1) is 12.9. The van der Waals surface area contributed by atoms with Crippen molar-refractivity contribution in [2.75, 3.05) is 11.9 Å². The van der Waals surface area contributed by atoms with Crippen LogP contribution in [0.5, 0.6) is 0 Å². The van der Waals surface area contributed by atoms with E-state index in [-0.39, 0.29) is 11.8 Å². The minimum atomic E-state index is -0.00527. The van der Waals surface area contributed by atoms with Crippen LogP contribution in [0.2, 0.25) is 0 Å². The summed E-state index contributed by atoms with van der Waals surface area (Å²) in [6.45, 7) is 5.05. The highest BCUT2D eigenvalue weighted by molar-refractivity contribution is 5.86. The van der Waals surface area contributed by atoms with Crippen molar-refractivity contribution < 1.29 is 4.79 Å². The smallest absolute Gasteiger partial charge is 0.227 e. The van der Waals surface area contributed by atoms with Gasteiger partial charge in [0.25, 0.3) is 0 Å². The summed E-state index contributed by atoms with van der Waals surface area (Å²) in [5, 5.41) is 6.48. The molecule has 0 saturated carbocycles. The molecule has 1 heterocycles. The minimum absolute atomic E-state index is 0.00527. The van der Waals surface area contributed by atoms with Crippen molar-refractivity contribution in [1.82, 2.24) is 5.32 Å². The van der Waals surface area contributed by atoms with E-state index >= 15 is 0 Å². The molecular formula is C15H22N2O. The van der Waals surface area contributed by atoms with E-state index in [1.807, 2.05) is 12.1 Å². The third-order valence-corrected chi connectivity index (χ3v) is 3.47. The Morgan fingerprint density at radius 3 is 3.00 bits per heavy atom. The average molecular weight is 246 g/mol. The summed E-state index contributed by atoms with van der Waals surface area (Å²) in [6, 6.07) is 8.47. The lowest BCUT2D eigenvalue weighted by molar-refractivity contribution is -0.122. The Balaban J connectivity index is 2.10. The maximum Gasteiger partial charge on any atom is 0.227 e. The number of hydrogen-bond acceptors (Lipinski definition) is 2. The minimum Gasteiger partial charge on any atom is -0.382 e. The summed E-state index contributed by atoms with van der Waals surface area (Å²) < 4.78 is 0. The number of carbonyl (C=O) groups is 1. The van der Waals surface area contributed by atoms with Gasteiger partial charge < -0.3 is 10.6 Å². The van der Waals surface area contributed by atoms with Crippen LogP contribution in [0.15, 0.2) is 24.3 Å². The van der Waals surface area contributed by atoms with Gasteiger partial charge in [-0.25, -0.2) is 0 Å². The Bertz CT molecular complexity index is 417. The highest BCUT2D eigenvalue weighted by atomic mass is 16.1. The number of nitrogens with one attached hydrogen (secondary N) is 2. The van der Waals surface area contributed by atoms with Gasteiger partial charge in [-0.3, -0.25) is 4.79 Å². The van der Waals surface area contributed by atoms with Crippen molar-refractivity contribution in [3.8, 4) is 0 Å². The molecule has 1 aliphatic heterocycles. The molecule has 0 spiro atoms. The Labute approximate surface area is 109 Å². The van der Waals surface area contributed by atoms with Gasteiger partial charge in [0.1, 0.15) is 0 Å². The quantitative estimate of drug-likeness (QED) is 0.802. The molecule has 98 valence electrons. The monoisotopic (exact) mass is 246 g/mol. The number of hydrogen-bond donors (Lipinski definition) is 2. The van der Waals surface area contributed by atoms with E-state index < -0.39 is 0 Å². The van der Waals surface area contributed by atoms with Crippen LogP contribution in [-0.4, -0.2) is 18.5 Å². The number of benzene rings is 1. The molecule has 18 heavy (non-hydrogen) atoms. The number of amides is 1. The molecule has 2 rings (SSSR count). The van der Waals surface area contributed by atoms with Crippen LogP contribution in [0.4, 0.5) is 5.69 Å². The lowest BCUT2D eigenvalue weighted by Gasteiger charge is -2.30. The molecule has 0 aliphatic carbocycles. The second-order valence-corrected chi connectivity index (χ2v) is 5.07. The number of rotatable bonds is 4. The summed E-state index contributed by atoms with van der Waals surface area (Å²) in [7, 11) is 0. The zero-order chi connectivity index (χ0) is 13.0. The van der Waals surface area contributed by atoms with E-state index in [0.717, 1.165) is 37.1 Å². The zero-order valence-corrected chi connectivity index (χ0v) is 11.2. The fourth-order valence-electron chi connectivity index (χ4n) is 2.50. The van der Waals surface area contributed by atoms with Crippen molar-refractivity contribution in [1.29, 1.82) is 0 Å². The second kappa shape index (κ2) is 5.89. The van der Waals surface area contributed by atoms with E-state index in [0.29, 0.717) is 6.04 Å². The van der Waals surface area contributed by atoms with E-state index in [1.165, 1.54) is 0 Å². The normalized spacial score (nSPS) is 21.9. The van der Waals surface area contributed by atoms with Crippen molar-refractivity contribution >= 4 is 11.6 Å². The molecule has 1 amide bonds. The number of para-hydroxylation sites is 1. The Morgan fingerprint density at radius 2 is 2.22 bits per heavy atom. The zero-order valence-electron chi connectivity index (χ0n) is 11.2. The van der Waals surface area contributed by atoms with E-state index in [9.17, 15) is 4.79 Å². The third-order valence-electron chi connectivity index (χ3n) is 3.47. The Morgan fingerprint density at radius 1 is 1.44 bits per heavy atom. The van der Waals surface area contributed by atoms with E-state index in [1.54, 1.807) is 0 Å². The van der Waals surface area contributed by atoms with Crippen molar-refractivity contribution in [2.24, 2.45) is 0 Å². The fraction of sp³-hybridized carbons (Fsp3) is 0.533. The van der Waals surface area contributed by atoms with Gasteiger partial charge in [0.05, 0.1) is 5.92 Å². The summed E-state index contributed by atoms with van der Waals surface area (Å²) in [4.78, 5) is 12.2. The molecule has 3 nitrogen and oxygen atoms in total. The molecule has 2 atom stereocenters. The van der Waals surface area contributed by atoms with Crippen molar-refractivity contribution in [3.05, 3.63) is 29.8 Å². The van der Waals surface area contributed by atoms with Crippen LogP contribution < -0.4 is 10.6 Å². The van der Waals surface area contributed by atoms with Gasteiger partial charge in [0.15, 0.2) is 0 Å². The molecule has 2 unspecified atom stereocenters. The number of fused-ring (bicyclic) bond motifs is 1. The van der Waals surface area contributed by atoms with Crippen LogP contribution in [0, 0.1) is 0 Å². The number of carbonyl (C=O) groups excluding carboxylic acids is 1. The third kappa shape index (κ3) is 2.84. The maximum atomic E-state index is 12.2. The molecule has 2 N–H and O–H groups in total. The molecule has 0 saturated heterocycles. The van der Waals surface area contributed by atoms with Crippen LogP contribution in [0.3, 0.4) is 0 Å². The lowest BCUT2D eigenvalue weighted by Crippen LogP contribution is -2.36. The van der Waals surface area contributed by atoms with Crippen LogP contribution >= 0.6 is 0 Å². The average Bonchev–Trinajstić information content (AvgIpc) is 2.38. The molecule has 3 heteroatoms. The molecule has 1 aliphatic rings. The SMILES string of the molecule is CCCCNC(=O)C1CC(C)Nc2ccccc21. The molecular weight excluding hydrogens is 224 g/mol. The predicted molar refractivity (Wildman–Crippen MR) is 74.8 cm³/mol. The van der Waals surface area contributed by atoms with Crippen LogP contribution in [0.25, 0.3) is 0 Å². The second-order valence-electron chi connectivity index (χ2n) is 5.07. The Hall–Kier alpha value is -1.51. The summed E-state index contributed by atoms with van der Waals surface area (Å²) in [5.41, 5.74) is 2.23. The molecule has 1 aromatic carbocycles. The maximum absolute atomic E-state index is 12.2. The molecule has 0 aromatic heterocycles. The highest BCUT2D eigenvalue weighted by Gasteiger charge is 2.28. The lowest BCUT2D eigenvalue weighted by atomic mass is 9.87. The molecule has 1 aromatic rings. The van der Waals surface area contributed by atoms with Gasteiger partial charge in [-0.1, -0.05) is 31.5 Å². The van der Waals surface area contributed by atoms with Gasteiger partial charge in [0, 0.05) is 18.3 Å². The summed E-state index contributed by atoms with van der Waals surface area (Å²) >= 11 is 0. The molecule has 0 radical (unpaired) electrons. The summed E-state index contributed by atoms with van der Waals surface area (Å²) in [6.07, 6.45) is 3.03. The highest BCUT2D eigenvalue weighted by Crippen LogP contribution is 2.33. The van der Waals surface area contributed by atoms with E-state index in [4.69, 9.17) is 0 Å². The van der Waals surface area contributed by atoms with Crippen molar-refractivity contribution in [3.63, 3.8) is 0 Å². The topological polar surface area (TPSA) is 41.1 Å². The molecule has 0 fully saturated rings. The van der Waals surface area contributed by atoms with Gasteiger partial charge in [-0.15, -0.1) is 0 Å². The summed E-state index contributed by atoms with van der Waals surface area (Å²) in [5.74, 6) is 0.165. The number of anilines is 1. The van der Waals surface area contributed by atoms with Crippen LogP contribution in [-0.2, 0) is 4.79 Å².